The van der Waals surface area contributed by atoms with Gasteiger partial charge in [0.25, 0.3) is 5.56 Å². The highest BCUT2D eigenvalue weighted by Gasteiger charge is 2.20. The molecule has 0 spiro atoms. The fraction of sp³-hybridized carbons (Fsp3) is 0.118. The number of benzene rings is 2. The number of aromatic nitrogens is 3. The number of carbonyl (C=O) groups excluding carboxylic acids is 2. The zero-order valence-corrected chi connectivity index (χ0v) is 13.1. The van der Waals surface area contributed by atoms with Crippen LogP contribution in [0.3, 0.4) is 0 Å². The Bertz CT molecular complexity index is 984. The Morgan fingerprint density at radius 2 is 1.76 bits per heavy atom. The molecule has 3 aromatic rings. The van der Waals surface area contributed by atoms with E-state index in [0.29, 0.717) is 16.5 Å². The summed E-state index contributed by atoms with van der Waals surface area (Å²) in [4.78, 5) is 36.2. The molecule has 2 aromatic carbocycles. The van der Waals surface area contributed by atoms with Gasteiger partial charge in [0.15, 0.2) is 0 Å². The quantitative estimate of drug-likeness (QED) is 0.686. The molecule has 0 aliphatic carbocycles. The number of nitrogens with one attached hydrogen (secondary N) is 1. The molecule has 8 nitrogen and oxygen atoms in total. The van der Waals surface area contributed by atoms with Crippen LogP contribution in [0.4, 0.5) is 0 Å². The highest BCUT2D eigenvalue weighted by atomic mass is 16.2. The summed E-state index contributed by atoms with van der Waals surface area (Å²) in [5.41, 5.74) is 5.93. The molecule has 0 fully saturated rings. The van der Waals surface area contributed by atoms with E-state index in [9.17, 15) is 14.4 Å². The van der Waals surface area contributed by atoms with Crippen LogP contribution < -0.4 is 16.6 Å². The first-order chi connectivity index (χ1) is 12.1. The Balaban J connectivity index is 1.81. The molecule has 0 aliphatic rings. The van der Waals surface area contributed by atoms with Crippen molar-refractivity contribution in [1.29, 1.82) is 0 Å². The average Bonchev–Trinajstić information content (AvgIpc) is 2.63. The van der Waals surface area contributed by atoms with Crippen LogP contribution in [0, 0.1) is 0 Å². The molecule has 1 atom stereocenters. The molecule has 2 amide bonds. The second-order valence-electron chi connectivity index (χ2n) is 5.38. The molecule has 0 saturated carbocycles. The molecule has 0 aliphatic heterocycles. The monoisotopic (exact) mass is 337 g/mol. The van der Waals surface area contributed by atoms with Crippen LogP contribution >= 0.6 is 0 Å². The zero-order chi connectivity index (χ0) is 17.8. The first kappa shape index (κ1) is 16.3. The van der Waals surface area contributed by atoms with Crippen molar-refractivity contribution in [2.75, 3.05) is 0 Å². The fourth-order valence-corrected chi connectivity index (χ4v) is 2.43. The van der Waals surface area contributed by atoms with Crippen molar-refractivity contribution >= 4 is 22.7 Å². The summed E-state index contributed by atoms with van der Waals surface area (Å²) < 4.78 is 0.945. The topological polar surface area (TPSA) is 120 Å². The van der Waals surface area contributed by atoms with Gasteiger partial charge in [0.05, 0.1) is 5.39 Å². The number of nitrogens with two attached hydrogens (primary N) is 1. The number of primary amides is 1. The van der Waals surface area contributed by atoms with E-state index < -0.39 is 23.4 Å². The Labute approximate surface area is 142 Å². The van der Waals surface area contributed by atoms with Gasteiger partial charge in [-0.3, -0.25) is 14.4 Å². The van der Waals surface area contributed by atoms with Crippen molar-refractivity contribution in [2.24, 2.45) is 5.73 Å². The maximum atomic E-state index is 12.3. The second kappa shape index (κ2) is 6.91. The highest BCUT2D eigenvalue weighted by Crippen LogP contribution is 2.11. The lowest BCUT2D eigenvalue weighted by atomic mass is 10.1. The lowest BCUT2D eigenvalue weighted by molar-refractivity contribution is -0.128. The van der Waals surface area contributed by atoms with E-state index in [-0.39, 0.29) is 6.54 Å². The third-order valence-electron chi connectivity index (χ3n) is 3.65. The van der Waals surface area contributed by atoms with Gasteiger partial charge in [-0.1, -0.05) is 47.7 Å². The highest BCUT2D eigenvalue weighted by molar-refractivity contribution is 5.87. The van der Waals surface area contributed by atoms with E-state index in [4.69, 9.17) is 5.73 Å². The Morgan fingerprint density at radius 1 is 1.08 bits per heavy atom. The molecule has 8 heteroatoms. The van der Waals surface area contributed by atoms with E-state index in [1.165, 1.54) is 0 Å². The van der Waals surface area contributed by atoms with Gasteiger partial charge in [-0.25, -0.2) is 4.68 Å². The van der Waals surface area contributed by atoms with E-state index in [2.05, 4.69) is 15.6 Å². The molecule has 3 rings (SSSR count). The molecule has 0 saturated heterocycles. The third-order valence-corrected chi connectivity index (χ3v) is 3.65. The van der Waals surface area contributed by atoms with Gasteiger partial charge in [0, 0.05) is 0 Å². The molecule has 3 N–H and O–H groups in total. The standard InChI is InChI=1S/C17H15N5O3/c18-16(24)15(11-6-2-1-3-7-11)19-14(23)10-22-17(25)12-8-4-5-9-13(12)20-21-22/h1-9,15H,10H2,(H2,18,24)(H,19,23). The van der Waals surface area contributed by atoms with Crippen LogP contribution in [0.15, 0.2) is 59.4 Å². The van der Waals surface area contributed by atoms with Crippen LogP contribution in [-0.2, 0) is 16.1 Å². The van der Waals surface area contributed by atoms with Gasteiger partial charge in [0.1, 0.15) is 18.1 Å². The summed E-state index contributed by atoms with van der Waals surface area (Å²) >= 11 is 0. The number of hydrogen-bond donors (Lipinski definition) is 2. The van der Waals surface area contributed by atoms with Crippen molar-refractivity contribution in [3.05, 3.63) is 70.5 Å². The minimum Gasteiger partial charge on any atom is -0.368 e. The maximum absolute atomic E-state index is 12.3. The van der Waals surface area contributed by atoms with Crippen molar-refractivity contribution in [2.45, 2.75) is 12.6 Å². The van der Waals surface area contributed by atoms with Crippen LogP contribution in [0.5, 0.6) is 0 Å². The average molecular weight is 337 g/mol. The summed E-state index contributed by atoms with van der Waals surface area (Å²) in [5, 5.41) is 10.5. The van der Waals surface area contributed by atoms with E-state index in [1.807, 2.05) is 0 Å². The van der Waals surface area contributed by atoms with E-state index in [0.717, 1.165) is 4.68 Å². The largest absolute Gasteiger partial charge is 0.368 e. The summed E-state index contributed by atoms with van der Waals surface area (Å²) in [7, 11) is 0. The third kappa shape index (κ3) is 3.52. The summed E-state index contributed by atoms with van der Waals surface area (Å²) in [5.74, 6) is -1.27. The van der Waals surface area contributed by atoms with Crippen LogP contribution in [0.1, 0.15) is 11.6 Å². The van der Waals surface area contributed by atoms with Crippen molar-refractivity contribution < 1.29 is 9.59 Å². The second-order valence-corrected chi connectivity index (χ2v) is 5.38. The smallest absolute Gasteiger partial charge is 0.278 e. The molecule has 1 unspecified atom stereocenters. The lowest BCUT2D eigenvalue weighted by Crippen LogP contribution is -2.41. The number of amides is 2. The molecule has 1 heterocycles. The van der Waals surface area contributed by atoms with Gasteiger partial charge in [-0.05, 0) is 17.7 Å². The number of hydrogen-bond acceptors (Lipinski definition) is 5. The molecule has 25 heavy (non-hydrogen) atoms. The molecule has 126 valence electrons. The van der Waals surface area contributed by atoms with E-state index in [1.54, 1.807) is 54.6 Å². The zero-order valence-electron chi connectivity index (χ0n) is 13.1. The van der Waals surface area contributed by atoms with Gasteiger partial charge in [-0.2, -0.15) is 0 Å². The Kier molecular flexibility index (Phi) is 4.51. The first-order valence-electron chi connectivity index (χ1n) is 7.52. The van der Waals surface area contributed by atoms with Crippen LogP contribution in [0.2, 0.25) is 0 Å². The maximum Gasteiger partial charge on any atom is 0.278 e. The lowest BCUT2D eigenvalue weighted by Gasteiger charge is -2.16. The summed E-state index contributed by atoms with van der Waals surface area (Å²) in [6.07, 6.45) is 0. The van der Waals surface area contributed by atoms with Crippen molar-refractivity contribution in [3.63, 3.8) is 0 Å². The molecule has 1 aromatic heterocycles. The summed E-state index contributed by atoms with van der Waals surface area (Å²) in [6.45, 7) is -0.368. The van der Waals surface area contributed by atoms with Gasteiger partial charge in [0.2, 0.25) is 11.8 Å². The number of fused-ring (bicyclic) bond motifs is 1. The van der Waals surface area contributed by atoms with Crippen molar-refractivity contribution in [3.8, 4) is 0 Å². The SMILES string of the molecule is NC(=O)C(NC(=O)Cn1nnc2ccccc2c1=O)c1ccccc1. The number of carbonyl (C=O) groups is 2. The van der Waals surface area contributed by atoms with Gasteiger partial charge < -0.3 is 11.1 Å². The fourth-order valence-electron chi connectivity index (χ4n) is 2.43. The normalized spacial score (nSPS) is 11.8. The summed E-state index contributed by atoms with van der Waals surface area (Å²) in [6, 6.07) is 14.3. The van der Waals surface area contributed by atoms with Crippen molar-refractivity contribution in [1.82, 2.24) is 20.3 Å². The molecular weight excluding hydrogens is 322 g/mol. The predicted octanol–water partition coefficient (Wildman–Crippen LogP) is 0.134. The minimum atomic E-state index is -0.988. The van der Waals surface area contributed by atoms with Crippen LogP contribution in [0.25, 0.3) is 10.9 Å². The minimum absolute atomic E-state index is 0.361. The first-order valence-corrected chi connectivity index (χ1v) is 7.52. The Hall–Kier alpha value is -3.55. The number of rotatable bonds is 5. The van der Waals surface area contributed by atoms with Crippen LogP contribution in [-0.4, -0.2) is 26.8 Å². The molecule has 0 radical (unpaired) electrons. The molecule has 0 bridgehead atoms. The Morgan fingerprint density at radius 3 is 2.48 bits per heavy atom. The number of nitrogens with zero attached hydrogens (tertiary/aromatic N) is 3. The predicted molar refractivity (Wildman–Crippen MR) is 90.3 cm³/mol. The van der Waals surface area contributed by atoms with Gasteiger partial charge in [-0.15, -0.1) is 5.10 Å². The molecular formula is C17H15N5O3. The van der Waals surface area contributed by atoms with E-state index >= 15 is 0 Å². The van der Waals surface area contributed by atoms with Gasteiger partial charge >= 0.3 is 0 Å².